The van der Waals surface area contributed by atoms with E-state index >= 15 is 0 Å². The lowest BCUT2D eigenvalue weighted by molar-refractivity contribution is -0.144. The Morgan fingerprint density at radius 1 is 1.21 bits per heavy atom. The molecule has 1 aromatic rings. The second-order valence-electron chi connectivity index (χ2n) is 5.44. The van der Waals surface area contributed by atoms with Crippen molar-refractivity contribution in [2.24, 2.45) is 0 Å². The van der Waals surface area contributed by atoms with Crippen molar-refractivity contribution in [1.82, 2.24) is 5.32 Å². The molecule has 0 spiro atoms. The lowest BCUT2D eigenvalue weighted by atomic mass is 10.2. The number of hydrogen-bond donors (Lipinski definition) is 1. The van der Waals surface area contributed by atoms with E-state index in [0.717, 1.165) is 25.7 Å². The van der Waals surface area contributed by atoms with Crippen LogP contribution >= 0.6 is 0 Å². The zero-order chi connectivity index (χ0) is 17.4. The van der Waals surface area contributed by atoms with Crippen LogP contribution < -0.4 is 10.1 Å². The first-order chi connectivity index (χ1) is 11.5. The van der Waals surface area contributed by atoms with Gasteiger partial charge in [0.05, 0.1) is 0 Å². The Hall–Kier alpha value is -2.44. The van der Waals surface area contributed by atoms with Gasteiger partial charge >= 0.3 is 12.6 Å². The maximum Gasteiger partial charge on any atom is 0.387 e. The Kier molecular flexibility index (Phi) is 6.72. The molecule has 130 valence electrons. The minimum atomic E-state index is -2.88. The number of esters is 1. The first-order valence-corrected chi connectivity index (χ1v) is 7.72. The van der Waals surface area contributed by atoms with Gasteiger partial charge < -0.3 is 14.8 Å². The molecule has 0 unspecified atom stereocenters. The van der Waals surface area contributed by atoms with Crippen LogP contribution in [0.5, 0.6) is 5.75 Å². The number of carbonyl (C=O) groups is 2. The average Bonchev–Trinajstić information content (AvgIpc) is 3.04. The van der Waals surface area contributed by atoms with E-state index in [4.69, 9.17) is 4.74 Å². The Morgan fingerprint density at radius 2 is 1.88 bits per heavy atom. The van der Waals surface area contributed by atoms with Gasteiger partial charge in [-0.3, -0.25) is 4.79 Å². The van der Waals surface area contributed by atoms with E-state index in [-0.39, 0.29) is 24.3 Å². The third-order valence-electron chi connectivity index (χ3n) is 3.58. The van der Waals surface area contributed by atoms with Crippen LogP contribution in [-0.2, 0) is 14.3 Å². The molecule has 0 atom stereocenters. The van der Waals surface area contributed by atoms with Gasteiger partial charge in [-0.05, 0) is 36.6 Å². The van der Waals surface area contributed by atoms with Crippen molar-refractivity contribution < 1.29 is 27.8 Å². The number of alkyl halides is 2. The number of halogens is 2. The number of benzene rings is 1. The lowest BCUT2D eigenvalue weighted by Crippen LogP contribution is -2.35. The van der Waals surface area contributed by atoms with Crippen molar-refractivity contribution in [3.8, 4) is 5.75 Å². The predicted molar refractivity (Wildman–Crippen MR) is 83.5 cm³/mol. The Balaban J connectivity index is 1.72. The van der Waals surface area contributed by atoms with Gasteiger partial charge in [0.1, 0.15) is 5.75 Å². The van der Waals surface area contributed by atoms with Crippen LogP contribution in [0, 0.1) is 0 Å². The molecule has 0 radical (unpaired) electrons. The van der Waals surface area contributed by atoms with Crippen LogP contribution in [-0.4, -0.2) is 31.1 Å². The van der Waals surface area contributed by atoms with E-state index in [2.05, 4.69) is 10.1 Å². The first kappa shape index (κ1) is 17.9. The van der Waals surface area contributed by atoms with Crippen molar-refractivity contribution in [2.75, 3.05) is 6.61 Å². The molecule has 1 aliphatic rings. The van der Waals surface area contributed by atoms with Crippen LogP contribution in [0.25, 0.3) is 6.08 Å². The summed E-state index contributed by atoms with van der Waals surface area (Å²) in [5, 5.41) is 2.81. The third-order valence-corrected chi connectivity index (χ3v) is 3.58. The molecule has 1 saturated carbocycles. The molecule has 1 amide bonds. The Morgan fingerprint density at radius 3 is 2.50 bits per heavy atom. The van der Waals surface area contributed by atoms with Crippen molar-refractivity contribution >= 4 is 18.0 Å². The number of carbonyl (C=O) groups excluding carboxylic acids is 2. The first-order valence-electron chi connectivity index (χ1n) is 7.72. The highest BCUT2D eigenvalue weighted by Crippen LogP contribution is 2.17. The molecule has 7 heteroatoms. The molecule has 2 rings (SSSR count). The summed E-state index contributed by atoms with van der Waals surface area (Å²) in [6.07, 6.45) is 6.77. The summed E-state index contributed by atoms with van der Waals surface area (Å²) in [6, 6.07) is 5.96. The molecular formula is C17H19F2NO4. The second kappa shape index (κ2) is 9.00. The van der Waals surface area contributed by atoms with E-state index in [0.29, 0.717) is 5.56 Å². The number of hydrogen-bond acceptors (Lipinski definition) is 4. The fourth-order valence-corrected chi connectivity index (χ4v) is 2.45. The predicted octanol–water partition coefficient (Wildman–Crippen LogP) is 2.90. The van der Waals surface area contributed by atoms with Crippen molar-refractivity contribution in [2.45, 2.75) is 38.3 Å². The maximum atomic E-state index is 12.0. The molecule has 0 saturated heterocycles. The molecule has 5 nitrogen and oxygen atoms in total. The average molecular weight is 339 g/mol. The SMILES string of the molecule is O=C(COC(=O)/C=C/c1ccc(OC(F)F)cc1)NC1CCCC1. The summed E-state index contributed by atoms with van der Waals surface area (Å²) in [5.74, 6) is -0.921. The fourth-order valence-electron chi connectivity index (χ4n) is 2.45. The minimum absolute atomic E-state index is 0.0355. The minimum Gasteiger partial charge on any atom is -0.452 e. The van der Waals surface area contributed by atoms with Gasteiger partial charge in [0.15, 0.2) is 6.61 Å². The molecule has 1 fully saturated rings. The normalized spacial score (nSPS) is 15.0. The van der Waals surface area contributed by atoms with Gasteiger partial charge in [-0.25, -0.2) is 4.79 Å². The van der Waals surface area contributed by atoms with Gasteiger partial charge in [-0.2, -0.15) is 8.78 Å². The van der Waals surface area contributed by atoms with Crippen LogP contribution in [0.15, 0.2) is 30.3 Å². The molecule has 0 aromatic heterocycles. The van der Waals surface area contributed by atoms with Crippen molar-refractivity contribution in [3.63, 3.8) is 0 Å². The number of amides is 1. The van der Waals surface area contributed by atoms with Crippen LogP contribution in [0.4, 0.5) is 8.78 Å². The zero-order valence-corrected chi connectivity index (χ0v) is 13.0. The summed E-state index contributed by atoms with van der Waals surface area (Å²) in [7, 11) is 0. The van der Waals surface area contributed by atoms with E-state index < -0.39 is 12.6 Å². The highest BCUT2D eigenvalue weighted by atomic mass is 19.3. The third kappa shape index (κ3) is 6.36. The lowest BCUT2D eigenvalue weighted by Gasteiger charge is -2.11. The van der Waals surface area contributed by atoms with Crippen molar-refractivity contribution in [3.05, 3.63) is 35.9 Å². The summed E-state index contributed by atoms with van der Waals surface area (Å²) in [6.45, 7) is -3.20. The number of rotatable bonds is 7. The Labute approximate surface area is 138 Å². The highest BCUT2D eigenvalue weighted by molar-refractivity contribution is 5.89. The standard InChI is InChI=1S/C17H19F2NO4/c18-17(19)24-14-8-5-12(6-9-14)7-10-16(22)23-11-15(21)20-13-3-1-2-4-13/h5-10,13,17H,1-4,11H2,(H,20,21)/b10-7+. The number of nitrogens with one attached hydrogen (secondary N) is 1. The monoisotopic (exact) mass is 339 g/mol. The molecule has 0 aliphatic heterocycles. The fraction of sp³-hybridized carbons (Fsp3) is 0.412. The van der Waals surface area contributed by atoms with Crippen LogP contribution in [0.3, 0.4) is 0 Å². The van der Waals surface area contributed by atoms with Gasteiger partial charge in [0.2, 0.25) is 0 Å². The largest absolute Gasteiger partial charge is 0.452 e. The van der Waals surface area contributed by atoms with Gasteiger partial charge in [-0.15, -0.1) is 0 Å². The van der Waals surface area contributed by atoms with E-state index in [1.165, 1.54) is 36.4 Å². The zero-order valence-electron chi connectivity index (χ0n) is 13.0. The molecule has 0 heterocycles. The summed E-state index contributed by atoms with van der Waals surface area (Å²) in [4.78, 5) is 23.2. The van der Waals surface area contributed by atoms with Crippen LogP contribution in [0.1, 0.15) is 31.2 Å². The second-order valence-corrected chi connectivity index (χ2v) is 5.44. The van der Waals surface area contributed by atoms with Gasteiger partial charge in [0, 0.05) is 12.1 Å². The van der Waals surface area contributed by atoms with E-state index in [9.17, 15) is 18.4 Å². The maximum absolute atomic E-state index is 12.0. The molecule has 1 N–H and O–H groups in total. The molecule has 0 bridgehead atoms. The highest BCUT2D eigenvalue weighted by Gasteiger charge is 2.17. The molecule has 1 aromatic carbocycles. The van der Waals surface area contributed by atoms with E-state index in [1.807, 2.05) is 0 Å². The quantitative estimate of drug-likeness (QED) is 0.613. The Bertz CT molecular complexity index is 581. The van der Waals surface area contributed by atoms with Gasteiger partial charge in [-0.1, -0.05) is 25.0 Å². The molecule has 24 heavy (non-hydrogen) atoms. The smallest absolute Gasteiger partial charge is 0.387 e. The molecular weight excluding hydrogens is 320 g/mol. The van der Waals surface area contributed by atoms with E-state index in [1.54, 1.807) is 0 Å². The summed E-state index contributed by atoms with van der Waals surface area (Å²) >= 11 is 0. The summed E-state index contributed by atoms with van der Waals surface area (Å²) < 4.78 is 33.1. The topological polar surface area (TPSA) is 64.6 Å². The molecule has 1 aliphatic carbocycles. The van der Waals surface area contributed by atoms with Crippen molar-refractivity contribution in [1.29, 1.82) is 0 Å². The van der Waals surface area contributed by atoms with Gasteiger partial charge in [0.25, 0.3) is 5.91 Å². The van der Waals surface area contributed by atoms with Crippen LogP contribution in [0.2, 0.25) is 0 Å². The summed E-state index contributed by atoms with van der Waals surface area (Å²) in [5.41, 5.74) is 0.615. The number of ether oxygens (including phenoxy) is 2.